The summed E-state index contributed by atoms with van der Waals surface area (Å²) >= 11 is 0. The van der Waals surface area contributed by atoms with E-state index in [1.54, 1.807) is 23.0 Å². The first-order valence-electron chi connectivity index (χ1n) is 9.98. The summed E-state index contributed by atoms with van der Waals surface area (Å²) in [6.45, 7) is 3.73. The number of nitrogens with two attached hydrogens (primary N) is 1. The first kappa shape index (κ1) is 19.0. The number of amides is 3. The number of primary amides is 1. The molecule has 2 aliphatic heterocycles. The molecule has 2 aromatic carbocycles. The van der Waals surface area contributed by atoms with Crippen LogP contribution in [-0.4, -0.2) is 34.0 Å². The topological polar surface area (TPSA) is 110 Å². The Hall–Kier alpha value is -3.94. The van der Waals surface area contributed by atoms with Crippen molar-refractivity contribution in [1.29, 1.82) is 0 Å². The molecule has 3 amide bonds. The molecule has 1 aromatic heterocycles. The van der Waals surface area contributed by atoms with Crippen LogP contribution in [0.4, 0.5) is 11.5 Å². The SMILES string of the molecule is Cc1cc(C)cc(-n2ncc3c2NC(=O)C[C@]32C(=O)N(CC(N)=O)c3ccccc32)c1. The van der Waals surface area contributed by atoms with E-state index in [0.29, 0.717) is 22.6 Å². The van der Waals surface area contributed by atoms with Crippen LogP contribution >= 0.6 is 0 Å². The van der Waals surface area contributed by atoms with Gasteiger partial charge in [0.1, 0.15) is 17.8 Å². The summed E-state index contributed by atoms with van der Waals surface area (Å²) in [7, 11) is 0. The van der Waals surface area contributed by atoms with Crippen LogP contribution in [0.5, 0.6) is 0 Å². The molecule has 3 heterocycles. The third-order valence-corrected chi connectivity index (χ3v) is 5.94. The Morgan fingerprint density at radius 3 is 2.55 bits per heavy atom. The smallest absolute Gasteiger partial charge is 0.243 e. The number of nitrogens with one attached hydrogen (secondary N) is 1. The van der Waals surface area contributed by atoms with Gasteiger partial charge in [-0.3, -0.25) is 14.4 Å². The minimum absolute atomic E-state index is 0.0658. The summed E-state index contributed by atoms with van der Waals surface area (Å²) in [5, 5.41) is 7.44. The molecule has 1 atom stereocenters. The molecule has 0 bridgehead atoms. The van der Waals surface area contributed by atoms with Gasteiger partial charge in [0.15, 0.2) is 0 Å². The van der Waals surface area contributed by atoms with Gasteiger partial charge in [-0.1, -0.05) is 24.3 Å². The standard InChI is InChI=1S/C23H21N5O3/c1-13-7-14(2)9-15(8-13)28-21-17(11-25-28)23(10-20(30)26-21)16-5-3-4-6-18(16)27(22(23)31)12-19(24)29/h3-9,11H,10,12H2,1-2H3,(H2,24,29)(H,26,30)/t23-/m1/s1. The highest BCUT2D eigenvalue weighted by Gasteiger charge is 2.57. The van der Waals surface area contributed by atoms with Crippen LogP contribution in [0, 0.1) is 13.8 Å². The molecular weight excluding hydrogens is 394 g/mol. The molecular formula is C23H21N5O3. The fourth-order valence-corrected chi connectivity index (χ4v) is 4.83. The number of aromatic nitrogens is 2. The maximum atomic E-state index is 13.7. The number of benzene rings is 2. The van der Waals surface area contributed by atoms with E-state index < -0.39 is 11.3 Å². The maximum absolute atomic E-state index is 13.7. The molecule has 156 valence electrons. The first-order chi connectivity index (χ1) is 14.8. The van der Waals surface area contributed by atoms with Crippen molar-refractivity contribution in [1.82, 2.24) is 9.78 Å². The van der Waals surface area contributed by atoms with Gasteiger partial charge < -0.3 is 16.0 Å². The number of rotatable bonds is 3. The number of aryl methyl sites for hydroxylation is 2. The Balaban J connectivity index is 1.75. The Bertz CT molecular complexity index is 1260. The van der Waals surface area contributed by atoms with Crippen LogP contribution < -0.4 is 16.0 Å². The van der Waals surface area contributed by atoms with E-state index in [4.69, 9.17) is 5.73 Å². The van der Waals surface area contributed by atoms with Gasteiger partial charge >= 0.3 is 0 Å². The average molecular weight is 415 g/mol. The second-order valence-corrected chi connectivity index (χ2v) is 8.17. The van der Waals surface area contributed by atoms with Crippen molar-refractivity contribution in [2.45, 2.75) is 25.7 Å². The normalized spacial score (nSPS) is 19.4. The highest BCUT2D eigenvalue weighted by molar-refractivity contribution is 6.17. The third-order valence-electron chi connectivity index (χ3n) is 5.94. The summed E-state index contributed by atoms with van der Waals surface area (Å²) in [6, 6.07) is 13.2. The zero-order valence-corrected chi connectivity index (χ0v) is 17.2. The third kappa shape index (κ3) is 2.68. The lowest BCUT2D eigenvalue weighted by molar-refractivity contribution is -0.127. The first-order valence-corrected chi connectivity index (χ1v) is 9.98. The highest BCUT2D eigenvalue weighted by atomic mass is 16.2. The molecule has 8 heteroatoms. The molecule has 0 saturated heterocycles. The highest BCUT2D eigenvalue weighted by Crippen LogP contribution is 2.52. The molecule has 2 aliphatic rings. The molecule has 0 fully saturated rings. The number of carbonyl (C=O) groups is 3. The summed E-state index contributed by atoms with van der Waals surface area (Å²) in [6.07, 6.45) is 1.57. The van der Waals surface area contributed by atoms with Crippen LogP contribution in [0.2, 0.25) is 0 Å². The second kappa shape index (κ2) is 6.53. The molecule has 5 rings (SSSR count). The average Bonchev–Trinajstić information content (AvgIpc) is 3.22. The zero-order valence-electron chi connectivity index (χ0n) is 17.2. The van der Waals surface area contributed by atoms with Crippen LogP contribution in [0.3, 0.4) is 0 Å². The van der Waals surface area contributed by atoms with Crippen molar-refractivity contribution in [3.05, 3.63) is 70.9 Å². The number of anilines is 2. The lowest BCUT2D eigenvalue weighted by Gasteiger charge is -2.32. The largest absolute Gasteiger partial charge is 0.368 e. The fourth-order valence-electron chi connectivity index (χ4n) is 4.83. The molecule has 0 aliphatic carbocycles. The van der Waals surface area contributed by atoms with E-state index in [-0.39, 0.29) is 24.8 Å². The van der Waals surface area contributed by atoms with Gasteiger partial charge in [0.05, 0.1) is 11.9 Å². The van der Waals surface area contributed by atoms with Crippen LogP contribution in [0.15, 0.2) is 48.7 Å². The number of hydrogen-bond acceptors (Lipinski definition) is 4. The van der Waals surface area contributed by atoms with Crippen molar-refractivity contribution in [3.8, 4) is 5.69 Å². The quantitative estimate of drug-likeness (QED) is 0.681. The minimum atomic E-state index is -1.25. The molecule has 0 saturated carbocycles. The predicted octanol–water partition coefficient (Wildman–Crippen LogP) is 1.95. The van der Waals surface area contributed by atoms with E-state index in [9.17, 15) is 14.4 Å². The Kier molecular flexibility index (Phi) is 4.01. The van der Waals surface area contributed by atoms with Crippen molar-refractivity contribution in [3.63, 3.8) is 0 Å². The summed E-state index contributed by atoms with van der Waals surface area (Å²) < 4.78 is 1.65. The number of hydrogen-bond donors (Lipinski definition) is 2. The number of para-hydroxylation sites is 1. The predicted molar refractivity (Wildman–Crippen MR) is 115 cm³/mol. The Morgan fingerprint density at radius 1 is 1.13 bits per heavy atom. The molecule has 0 unspecified atom stereocenters. The zero-order chi connectivity index (χ0) is 21.9. The molecule has 0 radical (unpaired) electrons. The lowest BCUT2D eigenvalue weighted by atomic mass is 9.72. The van der Waals surface area contributed by atoms with Gasteiger partial charge in [0.2, 0.25) is 17.7 Å². The molecule has 1 spiro atoms. The van der Waals surface area contributed by atoms with Crippen molar-refractivity contribution < 1.29 is 14.4 Å². The van der Waals surface area contributed by atoms with Gasteiger partial charge in [-0.05, 0) is 48.7 Å². The van der Waals surface area contributed by atoms with Gasteiger partial charge in [-0.2, -0.15) is 5.10 Å². The van der Waals surface area contributed by atoms with E-state index >= 15 is 0 Å². The van der Waals surface area contributed by atoms with Crippen LogP contribution in [0.1, 0.15) is 28.7 Å². The van der Waals surface area contributed by atoms with Gasteiger partial charge in [-0.25, -0.2) is 4.68 Å². The Labute approximate surface area is 178 Å². The number of nitrogens with zero attached hydrogens (tertiary/aromatic N) is 3. The summed E-state index contributed by atoms with van der Waals surface area (Å²) in [4.78, 5) is 39.7. The number of fused-ring (bicyclic) bond motifs is 4. The van der Waals surface area contributed by atoms with Crippen LogP contribution in [0.25, 0.3) is 5.69 Å². The van der Waals surface area contributed by atoms with E-state index in [0.717, 1.165) is 16.8 Å². The van der Waals surface area contributed by atoms with Gasteiger partial charge in [0, 0.05) is 17.7 Å². The molecule has 3 N–H and O–H groups in total. The van der Waals surface area contributed by atoms with E-state index in [1.807, 2.05) is 38.1 Å². The summed E-state index contributed by atoms with van der Waals surface area (Å²) in [5.41, 5.74) is 8.95. The maximum Gasteiger partial charge on any atom is 0.243 e. The molecule has 31 heavy (non-hydrogen) atoms. The van der Waals surface area contributed by atoms with Crippen molar-refractivity contribution in [2.24, 2.45) is 5.73 Å². The van der Waals surface area contributed by atoms with Gasteiger partial charge in [0.25, 0.3) is 0 Å². The lowest BCUT2D eigenvalue weighted by Crippen LogP contribution is -2.48. The van der Waals surface area contributed by atoms with E-state index in [1.165, 1.54) is 4.90 Å². The monoisotopic (exact) mass is 415 g/mol. The minimum Gasteiger partial charge on any atom is -0.368 e. The molecule has 8 nitrogen and oxygen atoms in total. The van der Waals surface area contributed by atoms with Crippen molar-refractivity contribution >= 4 is 29.2 Å². The van der Waals surface area contributed by atoms with E-state index in [2.05, 4.69) is 16.5 Å². The fraction of sp³-hybridized carbons (Fsp3) is 0.217. The Morgan fingerprint density at radius 2 is 1.84 bits per heavy atom. The number of carbonyl (C=O) groups excluding carboxylic acids is 3. The second-order valence-electron chi connectivity index (χ2n) is 8.17. The summed E-state index contributed by atoms with van der Waals surface area (Å²) in [5.74, 6) is -0.789. The van der Waals surface area contributed by atoms with Crippen molar-refractivity contribution in [2.75, 3.05) is 16.8 Å². The van der Waals surface area contributed by atoms with Gasteiger partial charge in [-0.15, -0.1) is 0 Å². The van der Waals surface area contributed by atoms with Crippen LogP contribution in [-0.2, 0) is 19.8 Å². The molecule has 3 aromatic rings.